The van der Waals surface area contributed by atoms with E-state index in [-0.39, 0.29) is 30.6 Å². The summed E-state index contributed by atoms with van der Waals surface area (Å²) in [7, 11) is 0. The summed E-state index contributed by atoms with van der Waals surface area (Å²) in [5.74, 6) is -0.493. The molecular weight excluding hydrogens is 266 g/mol. The van der Waals surface area contributed by atoms with E-state index in [1.165, 1.54) is 4.90 Å². The summed E-state index contributed by atoms with van der Waals surface area (Å²) >= 11 is 0. The summed E-state index contributed by atoms with van der Waals surface area (Å²) in [6.07, 6.45) is 4.99. The van der Waals surface area contributed by atoms with Gasteiger partial charge in [0.15, 0.2) is 5.78 Å². The topological polar surface area (TPSA) is 54.5 Å². The van der Waals surface area contributed by atoms with E-state index < -0.39 is 5.41 Å². The Bertz CT molecular complexity index is 573. The number of nitrogens with zero attached hydrogens (tertiary/aromatic N) is 1. The fraction of sp³-hybridized carbons (Fsp3) is 0.471. The first-order chi connectivity index (χ1) is 10.1. The molecule has 4 heteroatoms. The minimum Gasteiger partial charge on any atom is -0.292 e. The first kappa shape index (κ1) is 14.0. The van der Waals surface area contributed by atoms with E-state index in [9.17, 15) is 14.4 Å². The molecule has 0 N–H and O–H groups in total. The lowest BCUT2D eigenvalue weighted by molar-refractivity contribution is -0.141. The number of hydrogen-bond donors (Lipinski definition) is 0. The van der Waals surface area contributed by atoms with Crippen LogP contribution in [0.4, 0.5) is 0 Å². The predicted molar refractivity (Wildman–Crippen MR) is 77.6 cm³/mol. The number of imide groups is 1. The number of likely N-dealkylation sites (tertiary alicyclic amines) is 1. The Hall–Kier alpha value is -1.97. The lowest BCUT2D eigenvalue weighted by Crippen LogP contribution is -2.39. The molecule has 1 saturated heterocycles. The normalized spacial score (nSPS) is 21.0. The molecule has 110 valence electrons. The summed E-state index contributed by atoms with van der Waals surface area (Å²) in [4.78, 5) is 38.2. The average molecular weight is 285 g/mol. The van der Waals surface area contributed by atoms with Crippen molar-refractivity contribution in [1.82, 2.24) is 4.90 Å². The number of ketones is 1. The number of rotatable bonds is 3. The lowest BCUT2D eigenvalue weighted by Gasteiger charge is -2.30. The van der Waals surface area contributed by atoms with Crippen LogP contribution in [0.1, 0.15) is 48.9 Å². The third kappa shape index (κ3) is 2.50. The zero-order valence-corrected chi connectivity index (χ0v) is 12.0. The standard InChI is InChI=1S/C17H19NO3/c19-14(13-7-3-1-4-8-13)12-18-15(20)11-17(16(18)21)9-5-2-6-10-17/h1,3-4,7-8H,2,5-6,9-12H2. The lowest BCUT2D eigenvalue weighted by atomic mass is 9.73. The SMILES string of the molecule is O=C(CN1C(=O)CC2(CCCCC2)C1=O)c1ccccc1. The third-order valence-corrected chi connectivity index (χ3v) is 4.70. The average Bonchev–Trinajstić information content (AvgIpc) is 2.73. The molecule has 2 amide bonds. The Morgan fingerprint density at radius 2 is 1.71 bits per heavy atom. The Kier molecular flexibility index (Phi) is 3.62. The van der Waals surface area contributed by atoms with Crippen molar-refractivity contribution in [1.29, 1.82) is 0 Å². The highest BCUT2D eigenvalue weighted by Crippen LogP contribution is 2.45. The molecule has 1 aliphatic carbocycles. The van der Waals surface area contributed by atoms with Crippen molar-refractivity contribution < 1.29 is 14.4 Å². The van der Waals surface area contributed by atoms with E-state index in [1.807, 2.05) is 6.07 Å². The maximum atomic E-state index is 12.6. The molecule has 4 nitrogen and oxygen atoms in total. The van der Waals surface area contributed by atoms with Crippen molar-refractivity contribution in [2.24, 2.45) is 5.41 Å². The van der Waals surface area contributed by atoms with Crippen molar-refractivity contribution in [3.05, 3.63) is 35.9 Å². The maximum Gasteiger partial charge on any atom is 0.236 e. The summed E-state index contributed by atoms with van der Waals surface area (Å²) in [6, 6.07) is 8.82. The molecule has 0 atom stereocenters. The highest BCUT2D eigenvalue weighted by atomic mass is 16.2. The van der Waals surface area contributed by atoms with Crippen molar-refractivity contribution in [3.63, 3.8) is 0 Å². The largest absolute Gasteiger partial charge is 0.292 e. The Balaban J connectivity index is 1.75. The highest BCUT2D eigenvalue weighted by Gasteiger charge is 2.51. The number of carbonyl (C=O) groups excluding carboxylic acids is 3. The van der Waals surface area contributed by atoms with Crippen LogP contribution in [0.2, 0.25) is 0 Å². The molecule has 3 rings (SSSR count). The molecule has 1 aromatic carbocycles. The number of benzene rings is 1. The van der Waals surface area contributed by atoms with Gasteiger partial charge in [-0.25, -0.2) is 0 Å². The van der Waals surface area contributed by atoms with Gasteiger partial charge in [0.25, 0.3) is 0 Å². The fourth-order valence-corrected chi connectivity index (χ4v) is 3.50. The number of amides is 2. The molecule has 21 heavy (non-hydrogen) atoms. The highest BCUT2D eigenvalue weighted by molar-refractivity contribution is 6.10. The zero-order valence-electron chi connectivity index (χ0n) is 12.0. The molecule has 1 saturated carbocycles. The van der Waals surface area contributed by atoms with Gasteiger partial charge in [0.2, 0.25) is 11.8 Å². The van der Waals surface area contributed by atoms with Crippen LogP contribution in [0.3, 0.4) is 0 Å². The van der Waals surface area contributed by atoms with Gasteiger partial charge in [0.1, 0.15) is 0 Å². The maximum absolute atomic E-state index is 12.6. The minimum absolute atomic E-state index is 0.122. The van der Waals surface area contributed by atoms with E-state index in [1.54, 1.807) is 24.3 Å². The number of hydrogen-bond acceptors (Lipinski definition) is 3. The molecule has 1 heterocycles. The van der Waals surface area contributed by atoms with Gasteiger partial charge in [-0.15, -0.1) is 0 Å². The van der Waals surface area contributed by atoms with Crippen LogP contribution in [0, 0.1) is 5.41 Å². The molecule has 2 aliphatic rings. The molecule has 1 aliphatic heterocycles. The van der Waals surface area contributed by atoms with Crippen LogP contribution >= 0.6 is 0 Å². The van der Waals surface area contributed by atoms with E-state index in [0.717, 1.165) is 32.1 Å². The fourth-order valence-electron chi connectivity index (χ4n) is 3.50. The quantitative estimate of drug-likeness (QED) is 0.633. The van der Waals surface area contributed by atoms with Crippen molar-refractivity contribution in [2.75, 3.05) is 6.54 Å². The minimum atomic E-state index is -0.508. The molecule has 1 aromatic rings. The van der Waals surface area contributed by atoms with Gasteiger partial charge >= 0.3 is 0 Å². The zero-order chi connectivity index (χ0) is 14.9. The Labute approximate surface area is 124 Å². The molecule has 1 spiro atoms. The van der Waals surface area contributed by atoms with Gasteiger partial charge in [-0.1, -0.05) is 49.6 Å². The predicted octanol–water partition coefficient (Wildman–Crippen LogP) is 2.58. The van der Waals surface area contributed by atoms with Crippen molar-refractivity contribution in [2.45, 2.75) is 38.5 Å². The van der Waals surface area contributed by atoms with Gasteiger partial charge in [-0.05, 0) is 12.8 Å². The third-order valence-electron chi connectivity index (χ3n) is 4.70. The van der Waals surface area contributed by atoms with E-state index >= 15 is 0 Å². The van der Waals surface area contributed by atoms with Gasteiger partial charge < -0.3 is 0 Å². The summed E-state index contributed by atoms with van der Waals surface area (Å²) in [5, 5.41) is 0. The molecule has 0 aromatic heterocycles. The van der Waals surface area contributed by atoms with E-state index in [0.29, 0.717) is 5.56 Å². The van der Waals surface area contributed by atoms with Crippen molar-refractivity contribution >= 4 is 17.6 Å². The summed E-state index contributed by atoms with van der Waals surface area (Å²) in [6.45, 7) is -0.122. The Morgan fingerprint density at radius 1 is 1.05 bits per heavy atom. The van der Waals surface area contributed by atoms with Crippen LogP contribution in [0.15, 0.2) is 30.3 Å². The van der Waals surface area contributed by atoms with E-state index in [4.69, 9.17) is 0 Å². The van der Waals surface area contributed by atoms with Crippen molar-refractivity contribution in [3.8, 4) is 0 Å². The molecule has 0 bridgehead atoms. The second kappa shape index (κ2) is 5.43. The van der Waals surface area contributed by atoms with Gasteiger partial charge in [-0.3, -0.25) is 19.3 Å². The molecule has 0 radical (unpaired) electrons. The number of carbonyl (C=O) groups is 3. The summed E-state index contributed by atoms with van der Waals surface area (Å²) < 4.78 is 0. The van der Waals surface area contributed by atoms with Crippen LogP contribution in [0.5, 0.6) is 0 Å². The van der Waals surface area contributed by atoms with Gasteiger partial charge in [0, 0.05) is 12.0 Å². The van der Waals surface area contributed by atoms with Crippen LogP contribution in [0.25, 0.3) is 0 Å². The first-order valence-corrected chi connectivity index (χ1v) is 7.55. The van der Waals surface area contributed by atoms with Gasteiger partial charge in [-0.2, -0.15) is 0 Å². The number of Topliss-reactive ketones (excluding diaryl/α,β-unsaturated/α-hetero) is 1. The monoisotopic (exact) mass is 285 g/mol. The van der Waals surface area contributed by atoms with Gasteiger partial charge in [0.05, 0.1) is 12.0 Å². The van der Waals surface area contributed by atoms with E-state index in [2.05, 4.69) is 0 Å². The smallest absolute Gasteiger partial charge is 0.236 e. The second-order valence-electron chi connectivity index (χ2n) is 6.09. The Morgan fingerprint density at radius 3 is 2.38 bits per heavy atom. The van der Waals surface area contributed by atoms with Crippen LogP contribution < -0.4 is 0 Å². The second-order valence-corrected chi connectivity index (χ2v) is 6.09. The summed E-state index contributed by atoms with van der Waals surface area (Å²) in [5.41, 5.74) is 0.0365. The molecular formula is C17H19NO3. The molecule has 2 fully saturated rings. The first-order valence-electron chi connectivity index (χ1n) is 7.55. The molecule has 0 unspecified atom stereocenters. The van der Waals surface area contributed by atoms with Crippen LogP contribution in [-0.2, 0) is 9.59 Å². The van der Waals surface area contributed by atoms with Crippen LogP contribution in [-0.4, -0.2) is 29.0 Å².